The molecule has 1 N–H and O–H groups in total. The van der Waals surface area contributed by atoms with Crippen molar-refractivity contribution >= 4 is 5.91 Å². The molecule has 5 nitrogen and oxygen atoms in total. The molecule has 2 aromatic carbocycles. The summed E-state index contributed by atoms with van der Waals surface area (Å²) in [5.41, 5.74) is 3.23. The summed E-state index contributed by atoms with van der Waals surface area (Å²) in [4.78, 5) is 16.6. The van der Waals surface area contributed by atoms with Gasteiger partial charge in [-0.3, -0.25) is 4.79 Å². The van der Waals surface area contributed by atoms with E-state index in [1.165, 1.54) is 0 Å². The molecule has 4 rings (SSSR count). The highest BCUT2D eigenvalue weighted by molar-refractivity contribution is 5.83. The number of imidazole rings is 1. The van der Waals surface area contributed by atoms with E-state index >= 15 is 0 Å². The second kappa shape index (κ2) is 7.04. The summed E-state index contributed by atoms with van der Waals surface area (Å²) >= 11 is 0. The summed E-state index contributed by atoms with van der Waals surface area (Å²) in [6.07, 6.45) is 6.29. The number of carbonyl (C=O) groups excluding carboxylic acids is 1. The van der Waals surface area contributed by atoms with Crippen LogP contribution in [0, 0.1) is 5.92 Å². The minimum Gasteiger partial charge on any atom is -0.496 e. The van der Waals surface area contributed by atoms with Gasteiger partial charge in [-0.05, 0) is 41.7 Å². The maximum Gasteiger partial charge on any atom is 0.224 e. The molecule has 3 aromatic rings. The topological polar surface area (TPSA) is 56.1 Å². The van der Waals surface area contributed by atoms with Crippen LogP contribution in [-0.4, -0.2) is 22.6 Å². The first-order chi connectivity index (χ1) is 12.8. The summed E-state index contributed by atoms with van der Waals surface area (Å²) in [6, 6.07) is 16.0. The van der Waals surface area contributed by atoms with Crippen molar-refractivity contribution in [2.24, 2.45) is 5.92 Å². The first-order valence-corrected chi connectivity index (χ1v) is 8.74. The summed E-state index contributed by atoms with van der Waals surface area (Å²) in [6.45, 7) is 0.524. The van der Waals surface area contributed by atoms with E-state index in [-0.39, 0.29) is 17.7 Å². The van der Waals surface area contributed by atoms with Crippen LogP contribution in [0.15, 0.2) is 67.3 Å². The van der Waals surface area contributed by atoms with Gasteiger partial charge >= 0.3 is 0 Å². The Hall–Kier alpha value is -3.08. The highest BCUT2D eigenvalue weighted by Crippen LogP contribution is 2.50. The fourth-order valence-corrected chi connectivity index (χ4v) is 3.36. The number of nitrogens with zero attached hydrogens (tertiary/aromatic N) is 2. The number of carbonyl (C=O) groups is 1. The molecule has 132 valence electrons. The number of amides is 1. The van der Waals surface area contributed by atoms with E-state index in [1.54, 1.807) is 19.6 Å². The fraction of sp³-hybridized carbons (Fsp3) is 0.238. The molecule has 0 bridgehead atoms. The number of benzene rings is 2. The number of hydrogen-bond donors (Lipinski definition) is 1. The molecule has 1 aromatic heterocycles. The zero-order valence-corrected chi connectivity index (χ0v) is 14.6. The number of hydrogen-bond acceptors (Lipinski definition) is 3. The number of nitrogens with one attached hydrogen (secondary N) is 1. The summed E-state index contributed by atoms with van der Waals surface area (Å²) < 4.78 is 7.36. The number of methoxy groups -OCH3 is 1. The zero-order valence-electron chi connectivity index (χ0n) is 14.6. The Kier molecular flexibility index (Phi) is 4.44. The third-order valence-corrected chi connectivity index (χ3v) is 4.85. The minimum atomic E-state index is 0.0307. The fourth-order valence-electron chi connectivity index (χ4n) is 3.36. The quantitative estimate of drug-likeness (QED) is 0.744. The summed E-state index contributed by atoms with van der Waals surface area (Å²) in [5, 5.41) is 3.07. The molecule has 0 unspecified atom stereocenters. The SMILES string of the molecule is COc1ccccc1[C@@H]1C[C@@H]1C(=O)NCc1cccc(-n2ccnc2)c1. The lowest BCUT2D eigenvalue weighted by molar-refractivity contribution is -0.122. The minimum absolute atomic E-state index is 0.0307. The van der Waals surface area contributed by atoms with Gasteiger partial charge < -0.3 is 14.6 Å². The maximum atomic E-state index is 12.5. The van der Waals surface area contributed by atoms with Crippen molar-refractivity contribution in [2.45, 2.75) is 18.9 Å². The van der Waals surface area contributed by atoms with E-state index in [2.05, 4.69) is 16.4 Å². The van der Waals surface area contributed by atoms with Gasteiger partial charge in [-0.25, -0.2) is 4.98 Å². The van der Waals surface area contributed by atoms with Gasteiger partial charge in [0.1, 0.15) is 5.75 Å². The van der Waals surface area contributed by atoms with Crippen LogP contribution in [0.25, 0.3) is 5.69 Å². The van der Waals surface area contributed by atoms with Gasteiger partial charge in [-0.2, -0.15) is 0 Å². The van der Waals surface area contributed by atoms with Gasteiger partial charge in [0.2, 0.25) is 5.91 Å². The third-order valence-electron chi connectivity index (χ3n) is 4.85. The number of ether oxygens (including phenoxy) is 1. The van der Waals surface area contributed by atoms with E-state index < -0.39 is 0 Å². The van der Waals surface area contributed by atoms with Crippen LogP contribution in [0.5, 0.6) is 5.75 Å². The van der Waals surface area contributed by atoms with Gasteiger partial charge in [-0.1, -0.05) is 30.3 Å². The van der Waals surface area contributed by atoms with Gasteiger partial charge in [0.25, 0.3) is 0 Å². The van der Waals surface area contributed by atoms with Crippen LogP contribution in [0.2, 0.25) is 0 Å². The van der Waals surface area contributed by atoms with E-state index in [0.717, 1.165) is 29.0 Å². The molecule has 1 fully saturated rings. The predicted molar refractivity (Wildman–Crippen MR) is 99.3 cm³/mol. The molecule has 1 aliphatic carbocycles. The smallest absolute Gasteiger partial charge is 0.224 e. The van der Waals surface area contributed by atoms with Gasteiger partial charge in [0.05, 0.1) is 13.4 Å². The first kappa shape index (κ1) is 16.4. The Morgan fingerprint density at radius 3 is 2.96 bits per heavy atom. The first-order valence-electron chi connectivity index (χ1n) is 8.74. The second-order valence-electron chi connectivity index (χ2n) is 6.55. The van der Waals surface area contributed by atoms with Crippen molar-refractivity contribution in [2.75, 3.05) is 7.11 Å². The van der Waals surface area contributed by atoms with Crippen LogP contribution in [0.4, 0.5) is 0 Å². The van der Waals surface area contributed by atoms with E-state index in [9.17, 15) is 4.79 Å². The molecule has 1 amide bonds. The molecule has 26 heavy (non-hydrogen) atoms. The lowest BCUT2D eigenvalue weighted by Crippen LogP contribution is -2.25. The maximum absolute atomic E-state index is 12.5. The van der Waals surface area contributed by atoms with E-state index in [0.29, 0.717) is 6.54 Å². The summed E-state index contributed by atoms with van der Waals surface area (Å²) in [7, 11) is 1.67. The highest BCUT2D eigenvalue weighted by atomic mass is 16.5. The van der Waals surface area contributed by atoms with Crippen molar-refractivity contribution in [1.29, 1.82) is 0 Å². The molecular formula is C21H21N3O2. The zero-order chi connectivity index (χ0) is 17.9. The molecule has 0 aliphatic heterocycles. The second-order valence-corrected chi connectivity index (χ2v) is 6.55. The Balaban J connectivity index is 1.37. The van der Waals surface area contributed by atoms with Crippen LogP contribution < -0.4 is 10.1 Å². The molecule has 2 atom stereocenters. The summed E-state index contributed by atoms with van der Waals surface area (Å²) in [5.74, 6) is 1.25. The van der Waals surface area contributed by atoms with Crippen LogP contribution in [0.3, 0.4) is 0 Å². The molecule has 0 radical (unpaired) electrons. The van der Waals surface area contributed by atoms with Crippen LogP contribution in [0.1, 0.15) is 23.5 Å². The van der Waals surface area contributed by atoms with Crippen molar-refractivity contribution in [3.63, 3.8) is 0 Å². The molecule has 0 spiro atoms. The van der Waals surface area contributed by atoms with E-state index in [1.807, 2.05) is 53.2 Å². The highest BCUT2D eigenvalue weighted by Gasteiger charge is 2.45. The van der Waals surface area contributed by atoms with Crippen molar-refractivity contribution in [1.82, 2.24) is 14.9 Å². The average molecular weight is 347 g/mol. The molecule has 0 saturated heterocycles. The lowest BCUT2D eigenvalue weighted by Gasteiger charge is -2.09. The average Bonchev–Trinajstić information content (AvgIpc) is 3.30. The molecule has 1 saturated carbocycles. The third kappa shape index (κ3) is 3.33. The largest absolute Gasteiger partial charge is 0.496 e. The number of aromatic nitrogens is 2. The van der Waals surface area contributed by atoms with Crippen molar-refractivity contribution in [3.8, 4) is 11.4 Å². The molecule has 5 heteroatoms. The number of rotatable bonds is 6. The van der Waals surface area contributed by atoms with Crippen molar-refractivity contribution < 1.29 is 9.53 Å². The van der Waals surface area contributed by atoms with E-state index in [4.69, 9.17) is 4.74 Å². The molecule has 1 aliphatic rings. The monoisotopic (exact) mass is 347 g/mol. The number of para-hydroxylation sites is 1. The Labute approximate surface area is 152 Å². The van der Waals surface area contributed by atoms with Crippen LogP contribution in [-0.2, 0) is 11.3 Å². The molecular weight excluding hydrogens is 326 g/mol. The van der Waals surface area contributed by atoms with Gasteiger partial charge in [-0.15, -0.1) is 0 Å². The predicted octanol–water partition coefficient (Wildman–Crippen LogP) is 3.30. The van der Waals surface area contributed by atoms with Crippen molar-refractivity contribution in [3.05, 3.63) is 78.4 Å². The molecule has 1 heterocycles. The Morgan fingerprint density at radius 2 is 2.15 bits per heavy atom. The standard InChI is InChI=1S/C21H21N3O2/c1-26-20-8-3-2-7-17(20)18-12-19(18)21(25)23-13-15-5-4-6-16(11-15)24-10-9-22-14-24/h2-11,14,18-19H,12-13H2,1H3,(H,23,25)/t18-,19-/m0/s1. The Morgan fingerprint density at radius 1 is 1.27 bits per heavy atom. The van der Waals surface area contributed by atoms with Gasteiger partial charge in [0.15, 0.2) is 0 Å². The van der Waals surface area contributed by atoms with Gasteiger partial charge in [0, 0.05) is 30.5 Å². The van der Waals surface area contributed by atoms with Crippen LogP contribution >= 0.6 is 0 Å². The lowest BCUT2D eigenvalue weighted by atomic mass is 10.1. The Bertz CT molecular complexity index is 905. The normalized spacial score (nSPS) is 18.3.